The topological polar surface area (TPSA) is 119 Å². The van der Waals surface area contributed by atoms with E-state index in [9.17, 15) is 15.0 Å². The molecule has 4 atom stereocenters. The van der Waals surface area contributed by atoms with Gasteiger partial charge in [-0.2, -0.15) is 0 Å². The number of rotatable bonds is 6. The minimum Gasteiger partial charge on any atom is -0.394 e. The number of aliphatic hydroxyl groups excluding tert-OH is 4. The van der Waals surface area contributed by atoms with Gasteiger partial charge in [0.15, 0.2) is 6.23 Å². The number of carbonyl (C=O) groups excluding carboxylic acids is 1. The van der Waals surface area contributed by atoms with Gasteiger partial charge in [-0.1, -0.05) is 0 Å². The van der Waals surface area contributed by atoms with Gasteiger partial charge >= 0.3 is 0 Å². The summed E-state index contributed by atoms with van der Waals surface area (Å²) in [6.45, 7) is 0.516. The van der Waals surface area contributed by atoms with E-state index in [0.717, 1.165) is 0 Å². The summed E-state index contributed by atoms with van der Waals surface area (Å²) in [5.41, 5.74) is 0. The lowest BCUT2D eigenvalue weighted by molar-refractivity contribution is -0.143. The van der Waals surface area contributed by atoms with Crippen LogP contribution in [0.4, 0.5) is 0 Å². The number of hydrogen-bond acceptors (Lipinski definition) is 6. The summed E-state index contributed by atoms with van der Waals surface area (Å²) in [4.78, 5) is 10.7. The number of hydrogen-bond donors (Lipinski definition) is 5. The Morgan fingerprint density at radius 1 is 1.33 bits per heavy atom. The molecule has 7 nitrogen and oxygen atoms in total. The van der Waals surface area contributed by atoms with Crippen molar-refractivity contribution in [2.45, 2.75) is 31.5 Å². The molecule has 0 aliphatic heterocycles. The zero-order valence-electron chi connectivity index (χ0n) is 8.62. The Morgan fingerprint density at radius 3 is 2.20 bits per heavy atom. The van der Waals surface area contributed by atoms with Crippen LogP contribution in [-0.4, -0.2) is 64.6 Å². The highest BCUT2D eigenvalue weighted by molar-refractivity contribution is 5.73. The molecular weight excluding hydrogens is 206 g/mol. The fraction of sp³-hybridized carbons (Fsp3) is 0.875. The van der Waals surface area contributed by atoms with Crippen LogP contribution in [-0.2, 0) is 9.53 Å². The molecule has 0 fully saturated rings. The smallest absolute Gasteiger partial charge is 0.218 e. The SMILES string of the molecule is CO[C@@H](NC(C)=O)C(O)[C@@H](O)C(O)CO. The highest BCUT2D eigenvalue weighted by atomic mass is 16.5. The number of ether oxygens (including phenoxy) is 1. The van der Waals surface area contributed by atoms with E-state index < -0.39 is 37.1 Å². The maximum absolute atomic E-state index is 10.7. The van der Waals surface area contributed by atoms with Crippen LogP contribution in [0, 0.1) is 0 Å². The van der Waals surface area contributed by atoms with Gasteiger partial charge in [-0.25, -0.2) is 0 Å². The maximum atomic E-state index is 10.7. The molecule has 0 spiro atoms. The molecule has 0 rings (SSSR count). The molecule has 0 aromatic heterocycles. The van der Waals surface area contributed by atoms with E-state index in [4.69, 9.17) is 14.9 Å². The molecule has 1 amide bonds. The lowest BCUT2D eigenvalue weighted by Crippen LogP contribution is -2.53. The van der Waals surface area contributed by atoms with Gasteiger partial charge in [0.1, 0.15) is 18.3 Å². The Hall–Kier alpha value is -0.730. The van der Waals surface area contributed by atoms with Crippen LogP contribution in [0.5, 0.6) is 0 Å². The quantitative estimate of drug-likeness (QED) is 0.310. The van der Waals surface area contributed by atoms with E-state index in [-0.39, 0.29) is 0 Å². The minimum atomic E-state index is -1.60. The molecule has 0 radical (unpaired) electrons. The van der Waals surface area contributed by atoms with Crippen LogP contribution in [0.3, 0.4) is 0 Å². The normalized spacial score (nSPS) is 19.1. The molecule has 15 heavy (non-hydrogen) atoms. The van der Waals surface area contributed by atoms with Crippen LogP contribution in [0.15, 0.2) is 0 Å². The van der Waals surface area contributed by atoms with Crippen molar-refractivity contribution in [1.29, 1.82) is 0 Å². The van der Waals surface area contributed by atoms with Gasteiger partial charge in [0, 0.05) is 14.0 Å². The maximum Gasteiger partial charge on any atom is 0.218 e. The number of amides is 1. The zero-order valence-corrected chi connectivity index (χ0v) is 8.62. The van der Waals surface area contributed by atoms with Crippen LogP contribution in [0.1, 0.15) is 6.92 Å². The second kappa shape index (κ2) is 6.70. The lowest BCUT2D eigenvalue weighted by Gasteiger charge is -2.28. The van der Waals surface area contributed by atoms with Gasteiger partial charge in [0.25, 0.3) is 0 Å². The first-order valence-electron chi connectivity index (χ1n) is 4.39. The molecule has 7 heteroatoms. The molecule has 0 aromatic rings. The van der Waals surface area contributed by atoms with Crippen LogP contribution in [0.2, 0.25) is 0 Å². The molecule has 5 N–H and O–H groups in total. The van der Waals surface area contributed by atoms with Gasteiger partial charge in [0.2, 0.25) is 5.91 Å². The molecule has 2 unspecified atom stereocenters. The third kappa shape index (κ3) is 4.54. The van der Waals surface area contributed by atoms with Gasteiger partial charge in [-0.15, -0.1) is 0 Å². The van der Waals surface area contributed by atoms with Gasteiger partial charge < -0.3 is 30.5 Å². The first-order chi connectivity index (χ1) is 6.93. The standard InChI is InChI=1S/C8H17NO6/c1-4(11)9-8(15-2)7(14)6(13)5(12)3-10/h5-8,10,12-14H,3H2,1-2H3,(H,9,11)/t5?,6-,7?,8+/m0/s1. The Kier molecular flexibility index (Phi) is 6.37. The van der Waals surface area contributed by atoms with Crippen molar-refractivity contribution in [2.24, 2.45) is 0 Å². The fourth-order valence-electron chi connectivity index (χ4n) is 0.999. The molecule has 90 valence electrons. The van der Waals surface area contributed by atoms with Gasteiger partial charge in [0.05, 0.1) is 6.61 Å². The Morgan fingerprint density at radius 2 is 1.87 bits per heavy atom. The van der Waals surface area contributed by atoms with Crippen molar-refractivity contribution >= 4 is 5.91 Å². The molecule has 0 heterocycles. The van der Waals surface area contributed by atoms with Crippen LogP contribution in [0.25, 0.3) is 0 Å². The molecule has 0 saturated carbocycles. The summed E-state index contributed by atoms with van der Waals surface area (Å²) in [7, 11) is 1.22. The van der Waals surface area contributed by atoms with E-state index in [0.29, 0.717) is 0 Å². The van der Waals surface area contributed by atoms with E-state index in [1.165, 1.54) is 14.0 Å². The third-order valence-corrected chi connectivity index (χ3v) is 1.84. The van der Waals surface area contributed by atoms with Crippen molar-refractivity contribution in [1.82, 2.24) is 5.32 Å². The summed E-state index contributed by atoms with van der Waals surface area (Å²) in [5, 5.41) is 38.6. The molecule has 0 aliphatic rings. The molecule has 0 aromatic carbocycles. The zero-order chi connectivity index (χ0) is 12.0. The van der Waals surface area contributed by atoms with Crippen molar-refractivity contribution < 1.29 is 30.0 Å². The van der Waals surface area contributed by atoms with Crippen molar-refractivity contribution in [2.75, 3.05) is 13.7 Å². The van der Waals surface area contributed by atoms with Crippen molar-refractivity contribution in [3.05, 3.63) is 0 Å². The average molecular weight is 223 g/mol. The van der Waals surface area contributed by atoms with E-state index in [1.807, 2.05) is 0 Å². The number of methoxy groups -OCH3 is 1. The van der Waals surface area contributed by atoms with Crippen molar-refractivity contribution in [3.8, 4) is 0 Å². The highest BCUT2D eigenvalue weighted by Crippen LogP contribution is 2.05. The lowest BCUT2D eigenvalue weighted by atomic mass is 10.1. The van der Waals surface area contributed by atoms with E-state index in [2.05, 4.69) is 5.32 Å². The second-order valence-corrected chi connectivity index (χ2v) is 3.09. The highest BCUT2D eigenvalue weighted by Gasteiger charge is 2.31. The number of carbonyl (C=O) groups is 1. The number of nitrogens with one attached hydrogen (secondary N) is 1. The minimum absolute atomic E-state index is 0.452. The summed E-state index contributed by atoms with van der Waals surface area (Å²) in [5.74, 6) is -0.452. The summed E-state index contributed by atoms with van der Waals surface area (Å²) < 4.78 is 4.70. The molecule has 0 aliphatic carbocycles. The van der Waals surface area contributed by atoms with Crippen molar-refractivity contribution in [3.63, 3.8) is 0 Å². The Balaban J connectivity index is 4.35. The third-order valence-electron chi connectivity index (χ3n) is 1.84. The first-order valence-corrected chi connectivity index (χ1v) is 4.39. The Bertz CT molecular complexity index is 200. The summed E-state index contributed by atoms with van der Waals surface area (Å²) >= 11 is 0. The van der Waals surface area contributed by atoms with E-state index in [1.54, 1.807) is 0 Å². The largest absolute Gasteiger partial charge is 0.394 e. The molecule has 0 bridgehead atoms. The predicted octanol–water partition coefficient (Wildman–Crippen LogP) is -2.83. The first kappa shape index (κ1) is 14.3. The monoisotopic (exact) mass is 223 g/mol. The molecule has 0 saturated heterocycles. The fourth-order valence-corrected chi connectivity index (χ4v) is 0.999. The van der Waals surface area contributed by atoms with E-state index >= 15 is 0 Å². The predicted molar refractivity (Wildman–Crippen MR) is 49.7 cm³/mol. The molecular formula is C8H17NO6. The summed E-state index contributed by atoms with van der Waals surface area (Å²) in [6, 6.07) is 0. The van der Waals surface area contributed by atoms with Crippen LogP contribution < -0.4 is 5.32 Å². The summed E-state index contributed by atoms with van der Waals surface area (Å²) in [6.07, 6.45) is -5.77. The van der Waals surface area contributed by atoms with Crippen LogP contribution >= 0.6 is 0 Å². The van der Waals surface area contributed by atoms with Gasteiger partial charge in [-0.3, -0.25) is 4.79 Å². The van der Waals surface area contributed by atoms with Gasteiger partial charge in [-0.05, 0) is 0 Å². The second-order valence-electron chi connectivity index (χ2n) is 3.09. The average Bonchev–Trinajstić information content (AvgIpc) is 2.22. The Labute approximate surface area is 87.3 Å². The number of aliphatic hydroxyl groups is 4.